The maximum atomic E-state index is 15.8. The van der Waals surface area contributed by atoms with Crippen molar-refractivity contribution in [2.45, 2.75) is 62.4 Å². The van der Waals surface area contributed by atoms with Gasteiger partial charge in [-0.1, -0.05) is 12.1 Å². The smallest absolute Gasteiger partial charge is 0.264 e. The van der Waals surface area contributed by atoms with Gasteiger partial charge in [-0.3, -0.25) is 14.3 Å². The largest absolute Gasteiger partial charge is 0.383 e. The van der Waals surface area contributed by atoms with E-state index in [1.807, 2.05) is 18.6 Å². The fourth-order valence-electron chi connectivity index (χ4n) is 6.39. The highest BCUT2D eigenvalue weighted by Crippen LogP contribution is 2.43. The summed E-state index contributed by atoms with van der Waals surface area (Å²) in [5.74, 6) is -2.77. The molecule has 14 heteroatoms. The van der Waals surface area contributed by atoms with Crippen molar-refractivity contribution in [3.63, 3.8) is 0 Å². The summed E-state index contributed by atoms with van der Waals surface area (Å²) in [5.41, 5.74) is 7.28. The van der Waals surface area contributed by atoms with Crippen LogP contribution < -0.4 is 10.5 Å². The summed E-state index contributed by atoms with van der Waals surface area (Å²) in [6.07, 6.45) is 5.45. The standard InChI is InChI=1S/C33H41F3N6O4S/c1-20(2)42-32-24(21-9-11-22(12-10-21)41(13-15-45-3)14-16-46-4)19-38-33(37)30(32)31(39-42)23-17-27(36)28(18-26(23)35)40-47(43,44)29-8-6-5-7-25(29)34/h5-8,17-22,40H,9-16H2,1-4H3,(H2,37,38)/t21-,22-. The number of nitrogen functional groups attached to an aromatic ring is 1. The van der Waals surface area contributed by atoms with E-state index in [2.05, 4.69) is 9.88 Å². The van der Waals surface area contributed by atoms with Crippen LogP contribution in [-0.2, 0) is 19.5 Å². The van der Waals surface area contributed by atoms with Crippen molar-refractivity contribution in [3.05, 3.63) is 65.6 Å². The van der Waals surface area contributed by atoms with E-state index >= 15 is 8.78 Å². The molecule has 10 nitrogen and oxygen atoms in total. The van der Waals surface area contributed by atoms with Crippen molar-refractivity contribution in [1.29, 1.82) is 0 Å². The summed E-state index contributed by atoms with van der Waals surface area (Å²) < 4.78 is 85.4. The summed E-state index contributed by atoms with van der Waals surface area (Å²) in [6, 6.07) is 6.46. The fourth-order valence-corrected chi connectivity index (χ4v) is 7.53. The molecule has 1 aliphatic carbocycles. The molecule has 5 rings (SSSR count). The summed E-state index contributed by atoms with van der Waals surface area (Å²) in [6.45, 7) is 6.79. The normalized spacial score (nSPS) is 17.2. The second-order valence-electron chi connectivity index (χ2n) is 12.1. The topological polar surface area (TPSA) is 125 Å². The Hall–Kier alpha value is -3.72. The van der Waals surface area contributed by atoms with Gasteiger partial charge in [-0.05, 0) is 69.2 Å². The SMILES string of the molecule is COCCN(CCOC)[C@H]1CC[C@H](c2cnc(N)c3c(-c4cc(F)c(NS(=O)(=O)c5ccccc5F)cc4F)nn(C(C)C)c32)CC1. The van der Waals surface area contributed by atoms with E-state index in [9.17, 15) is 12.8 Å². The molecule has 4 aromatic rings. The second kappa shape index (κ2) is 14.6. The van der Waals surface area contributed by atoms with Gasteiger partial charge in [0.2, 0.25) is 0 Å². The summed E-state index contributed by atoms with van der Waals surface area (Å²) in [4.78, 5) is 6.19. The van der Waals surface area contributed by atoms with Crippen LogP contribution in [0.3, 0.4) is 0 Å². The van der Waals surface area contributed by atoms with E-state index in [4.69, 9.17) is 20.3 Å². The lowest BCUT2D eigenvalue weighted by Gasteiger charge is -2.37. The third-order valence-corrected chi connectivity index (χ3v) is 10.2. The lowest BCUT2D eigenvalue weighted by Crippen LogP contribution is -2.41. The molecule has 0 amide bonds. The molecular formula is C33H41F3N6O4S. The molecule has 47 heavy (non-hydrogen) atoms. The number of benzene rings is 2. The molecule has 2 heterocycles. The Morgan fingerprint density at radius 3 is 2.28 bits per heavy atom. The van der Waals surface area contributed by atoms with Crippen molar-refractivity contribution in [2.24, 2.45) is 0 Å². The number of nitrogens with one attached hydrogen (secondary N) is 1. The molecular weight excluding hydrogens is 633 g/mol. The molecule has 1 aliphatic rings. The number of halogens is 3. The van der Waals surface area contributed by atoms with Gasteiger partial charge < -0.3 is 15.2 Å². The van der Waals surface area contributed by atoms with Gasteiger partial charge in [0.05, 0.1) is 29.8 Å². The zero-order valence-electron chi connectivity index (χ0n) is 27.0. The molecule has 254 valence electrons. The van der Waals surface area contributed by atoms with E-state index in [-0.39, 0.29) is 29.0 Å². The van der Waals surface area contributed by atoms with Crippen LogP contribution in [0, 0.1) is 17.5 Å². The summed E-state index contributed by atoms with van der Waals surface area (Å²) >= 11 is 0. The van der Waals surface area contributed by atoms with Crippen molar-refractivity contribution >= 4 is 32.4 Å². The Bertz CT molecular complexity index is 1820. The van der Waals surface area contributed by atoms with Gasteiger partial charge in [-0.15, -0.1) is 0 Å². The number of fused-ring (bicyclic) bond motifs is 1. The molecule has 0 spiro atoms. The molecule has 2 aromatic heterocycles. The van der Waals surface area contributed by atoms with Crippen LogP contribution in [0.4, 0.5) is 24.7 Å². The van der Waals surface area contributed by atoms with Crippen molar-refractivity contribution in [1.82, 2.24) is 19.7 Å². The number of aromatic nitrogens is 3. The van der Waals surface area contributed by atoms with Gasteiger partial charge in [0.15, 0.2) is 0 Å². The fraction of sp³-hybridized carbons (Fsp3) is 0.455. The summed E-state index contributed by atoms with van der Waals surface area (Å²) in [7, 11) is -1.15. The predicted octanol–water partition coefficient (Wildman–Crippen LogP) is 6.10. The third-order valence-electron chi connectivity index (χ3n) is 8.77. The van der Waals surface area contributed by atoms with Crippen LogP contribution in [0.15, 0.2) is 47.5 Å². The number of ether oxygens (including phenoxy) is 2. The Morgan fingerprint density at radius 2 is 1.66 bits per heavy atom. The van der Waals surface area contributed by atoms with Gasteiger partial charge in [-0.2, -0.15) is 5.10 Å². The van der Waals surface area contributed by atoms with E-state index in [1.165, 1.54) is 12.1 Å². The molecule has 0 radical (unpaired) electrons. The quantitative estimate of drug-likeness (QED) is 0.174. The Balaban J connectivity index is 1.49. The lowest BCUT2D eigenvalue weighted by molar-refractivity contribution is 0.0716. The van der Waals surface area contributed by atoms with Crippen molar-refractivity contribution in [3.8, 4) is 11.3 Å². The highest BCUT2D eigenvalue weighted by molar-refractivity contribution is 7.92. The first-order chi connectivity index (χ1) is 22.5. The number of pyridine rings is 1. The molecule has 0 bridgehead atoms. The zero-order chi connectivity index (χ0) is 33.9. The molecule has 0 atom stereocenters. The first kappa shape index (κ1) is 34.6. The number of methoxy groups -OCH3 is 2. The van der Waals surface area contributed by atoms with Crippen LogP contribution in [-0.4, -0.2) is 74.6 Å². The molecule has 0 unspecified atom stereocenters. The first-order valence-electron chi connectivity index (χ1n) is 15.6. The maximum absolute atomic E-state index is 15.8. The monoisotopic (exact) mass is 674 g/mol. The number of hydrogen-bond donors (Lipinski definition) is 2. The minimum atomic E-state index is -4.54. The molecule has 1 fully saturated rings. The summed E-state index contributed by atoms with van der Waals surface area (Å²) in [5, 5.41) is 5.12. The highest BCUT2D eigenvalue weighted by Gasteiger charge is 2.31. The number of rotatable bonds is 13. The van der Waals surface area contributed by atoms with Crippen LogP contribution in [0.25, 0.3) is 22.2 Å². The number of nitrogens with two attached hydrogens (primary N) is 1. The number of anilines is 2. The van der Waals surface area contributed by atoms with Crippen LogP contribution >= 0.6 is 0 Å². The molecule has 0 aliphatic heterocycles. The highest BCUT2D eigenvalue weighted by atomic mass is 32.2. The number of nitrogens with zero attached hydrogens (tertiary/aromatic N) is 4. The van der Waals surface area contributed by atoms with Crippen molar-refractivity contribution < 1.29 is 31.1 Å². The van der Waals surface area contributed by atoms with Crippen LogP contribution in [0.5, 0.6) is 0 Å². The molecule has 0 saturated heterocycles. The van der Waals surface area contributed by atoms with Crippen LogP contribution in [0.1, 0.15) is 57.1 Å². The van der Waals surface area contributed by atoms with E-state index in [1.54, 1.807) is 25.1 Å². The molecule has 3 N–H and O–H groups in total. The third kappa shape index (κ3) is 7.25. The van der Waals surface area contributed by atoms with Gasteiger partial charge in [0, 0.05) is 57.2 Å². The number of hydrogen-bond acceptors (Lipinski definition) is 8. The van der Waals surface area contributed by atoms with Crippen molar-refractivity contribution in [2.75, 3.05) is 51.0 Å². The minimum Gasteiger partial charge on any atom is -0.383 e. The lowest BCUT2D eigenvalue weighted by atomic mass is 9.81. The molecule has 2 aromatic carbocycles. The average molecular weight is 675 g/mol. The average Bonchev–Trinajstić information content (AvgIpc) is 3.45. The van der Waals surface area contributed by atoms with Gasteiger partial charge in [0.1, 0.15) is 33.9 Å². The maximum Gasteiger partial charge on any atom is 0.264 e. The number of sulfonamides is 1. The Labute approximate surface area is 273 Å². The first-order valence-corrected chi connectivity index (χ1v) is 17.1. The minimum absolute atomic E-state index is 0.0967. The predicted molar refractivity (Wildman–Crippen MR) is 175 cm³/mol. The zero-order valence-corrected chi connectivity index (χ0v) is 27.8. The van der Waals surface area contributed by atoms with E-state index in [0.717, 1.165) is 68.6 Å². The van der Waals surface area contributed by atoms with E-state index in [0.29, 0.717) is 30.2 Å². The Kier molecular flexibility index (Phi) is 10.7. The van der Waals surface area contributed by atoms with Gasteiger partial charge >= 0.3 is 0 Å². The van der Waals surface area contributed by atoms with Crippen LogP contribution in [0.2, 0.25) is 0 Å². The Morgan fingerprint density at radius 1 is 1.00 bits per heavy atom. The van der Waals surface area contributed by atoms with Gasteiger partial charge in [-0.25, -0.2) is 26.6 Å². The molecule has 1 saturated carbocycles. The second-order valence-corrected chi connectivity index (χ2v) is 13.7. The van der Waals surface area contributed by atoms with Gasteiger partial charge in [0.25, 0.3) is 10.0 Å². The van der Waals surface area contributed by atoms with E-state index < -0.39 is 38.1 Å².